The number of rotatable bonds is 5. The molecule has 1 saturated carbocycles. The van der Waals surface area contributed by atoms with E-state index in [1.807, 2.05) is 18.2 Å². The van der Waals surface area contributed by atoms with Crippen LogP contribution in [0.5, 0.6) is 6.01 Å². The van der Waals surface area contributed by atoms with E-state index in [-0.39, 0.29) is 17.1 Å². The van der Waals surface area contributed by atoms with Gasteiger partial charge in [-0.15, -0.1) is 0 Å². The third kappa shape index (κ3) is 3.86. The van der Waals surface area contributed by atoms with Crippen molar-refractivity contribution in [3.8, 4) is 17.1 Å². The number of anilines is 1. The average Bonchev–Trinajstić information content (AvgIpc) is 3.20. The van der Waals surface area contributed by atoms with E-state index >= 15 is 4.39 Å². The van der Waals surface area contributed by atoms with Crippen LogP contribution in [0.15, 0.2) is 24.3 Å². The Kier molecular flexibility index (Phi) is 5.47. The van der Waals surface area contributed by atoms with Crippen molar-refractivity contribution in [3.63, 3.8) is 0 Å². The summed E-state index contributed by atoms with van der Waals surface area (Å²) in [7, 11) is 0. The lowest BCUT2D eigenvalue weighted by Gasteiger charge is -2.34. The van der Waals surface area contributed by atoms with Gasteiger partial charge in [0.25, 0.3) is 0 Å². The van der Waals surface area contributed by atoms with Crippen molar-refractivity contribution >= 4 is 28.3 Å². The number of nitrogens with one attached hydrogen (secondary N) is 1. The Morgan fingerprint density at radius 3 is 2.85 bits per heavy atom. The molecule has 9 rings (SSSR count). The van der Waals surface area contributed by atoms with Crippen LogP contribution in [0.4, 0.5) is 14.6 Å². The molecule has 0 radical (unpaired) electrons. The highest BCUT2D eigenvalue weighted by molar-refractivity contribution is 6.34. The minimum absolute atomic E-state index is 0.162. The minimum atomic E-state index is -0.843. The summed E-state index contributed by atoms with van der Waals surface area (Å²) in [5.74, 6) is 1.44. The second kappa shape index (κ2) is 8.98. The number of ether oxygens (including phenoxy) is 1. The van der Waals surface area contributed by atoms with Gasteiger partial charge in [-0.05, 0) is 79.7 Å². The summed E-state index contributed by atoms with van der Waals surface area (Å²) in [5.41, 5.74) is 3.79. The maximum atomic E-state index is 16.8. The molecule has 5 heterocycles. The molecule has 1 aromatic heterocycles. The third-order valence-electron chi connectivity index (χ3n) is 10.8. The summed E-state index contributed by atoms with van der Waals surface area (Å²) in [5, 5.41) is 4.68. The van der Waals surface area contributed by atoms with Crippen LogP contribution in [0.3, 0.4) is 0 Å². The summed E-state index contributed by atoms with van der Waals surface area (Å²) in [6.07, 6.45) is 6.02. The lowest BCUT2D eigenvalue weighted by Crippen LogP contribution is -2.51. The molecule has 9 heteroatoms. The molecule has 4 aliphatic heterocycles. The van der Waals surface area contributed by atoms with Gasteiger partial charge in [0.05, 0.1) is 10.6 Å². The predicted octanol–water partition coefficient (Wildman–Crippen LogP) is 5.64. The summed E-state index contributed by atoms with van der Waals surface area (Å²) in [6.45, 7) is 3.23. The SMILES string of the molecule is Fc1c(-c2cccc3c2C2CC2C3)c(Cl)cc2c(N3CC4CCC(C3)N4)nc(OC[C@@]34CCCN3C[C@H](F)C4)nc12. The van der Waals surface area contributed by atoms with E-state index in [2.05, 4.69) is 21.2 Å². The summed E-state index contributed by atoms with van der Waals surface area (Å²) < 4.78 is 37.5. The van der Waals surface area contributed by atoms with Crippen molar-refractivity contribution in [2.24, 2.45) is 5.92 Å². The monoisotopic (exact) mass is 577 g/mol. The molecule has 0 spiro atoms. The van der Waals surface area contributed by atoms with Crippen molar-refractivity contribution in [1.29, 1.82) is 0 Å². The number of fused-ring (bicyclic) bond motifs is 7. The van der Waals surface area contributed by atoms with Gasteiger partial charge in [-0.3, -0.25) is 4.90 Å². The zero-order chi connectivity index (χ0) is 27.5. The fourth-order valence-corrected chi connectivity index (χ4v) is 9.18. The first kappa shape index (κ1) is 25.0. The lowest BCUT2D eigenvalue weighted by molar-refractivity contribution is 0.107. The molecule has 4 unspecified atom stereocenters. The summed E-state index contributed by atoms with van der Waals surface area (Å²) in [6, 6.07) is 8.97. The van der Waals surface area contributed by atoms with Crippen molar-refractivity contribution < 1.29 is 13.5 Å². The zero-order valence-electron chi connectivity index (χ0n) is 23.0. The van der Waals surface area contributed by atoms with Gasteiger partial charge in [0.1, 0.15) is 24.1 Å². The van der Waals surface area contributed by atoms with E-state index in [1.54, 1.807) is 0 Å². The fourth-order valence-electron chi connectivity index (χ4n) is 8.89. The number of hydrogen-bond acceptors (Lipinski definition) is 6. The fraction of sp³-hybridized carbons (Fsp3) is 0.562. The number of alkyl halides is 1. The number of benzene rings is 2. The van der Waals surface area contributed by atoms with Crippen LogP contribution < -0.4 is 15.0 Å². The Morgan fingerprint density at radius 1 is 1.15 bits per heavy atom. The van der Waals surface area contributed by atoms with E-state index in [9.17, 15) is 4.39 Å². The van der Waals surface area contributed by atoms with E-state index in [1.165, 1.54) is 17.5 Å². The molecule has 2 bridgehead atoms. The van der Waals surface area contributed by atoms with Gasteiger partial charge in [0.15, 0.2) is 5.82 Å². The van der Waals surface area contributed by atoms with Crippen LogP contribution in [0.25, 0.3) is 22.0 Å². The molecule has 6 aliphatic rings. The molecule has 6 atom stereocenters. The largest absolute Gasteiger partial charge is 0.461 e. The van der Waals surface area contributed by atoms with Gasteiger partial charge >= 0.3 is 6.01 Å². The zero-order valence-corrected chi connectivity index (χ0v) is 23.8. The molecular formula is C32H34ClF2N5O. The van der Waals surface area contributed by atoms with Gasteiger partial charge in [-0.2, -0.15) is 9.97 Å². The minimum Gasteiger partial charge on any atom is -0.461 e. The Balaban J connectivity index is 1.17. The summed E-state index contributed by atoms with van der Waals surface area (Å²) in [4.78, 5) is 14.1. The molecule has 2 aliphatic carbocycles. The van der Waals surface area contributed by atoms with Crippen molar-refractivity contribution in [1.82, 2.24) is 20.2 Å². The number of piperazine rings is 1. The molecule has 41 heavy (non-hydrogen) atoms. The molecule has 5 fully saturated rings. The van der Waals surface area contributed by atoms with Gasteiger partial charge in [0.2, 0.25) is 0 Å². The predicted molar refractivity (Wildman–Crippen MR) is 155 cm³/mol. The normalized spacial score (nSPS) is 33.3. The maximum Gasteiger partial charge on any atom is 0.319 e. The number of nitrogens with zero attached hydrogens (tertiary/aromatic N) is 4. The Hall–Kier alpha value is -2.55. The van der Waals surface area contributed by atoms with E-state index < -0.39 is 12.0 Å². The maximum absolute atomic E-state index is 16.8. The highest BCUT2D eigenvalue weighted by Gasteiger charge is 2.50. The summed E-state index contributed by atoms with van der Waals surface area (Å²) >= 11 is 6.95. The van der Waals surface area contributed by atoms with Gasteiger partial charge in [-0.1, -0.05) is 29.8 Å². The number of aromatic nitrogens is 2. The molecule has 1 N–H and O–H groups in total. The molecule has 0 amide bonds. The first-order valence-electron chi connectivity index (χ1n) is 15.3. The van der Waals surface area contributed by atoms with Gasteiger partial charge in [0, 0.05) is 49.1 Å². The topological polar surface area (TPSA) is 53.5 Å². The second-order valence-corrected chi connectivity index (χ2v) is 13.8. The molecule has 2 aromatic carbocycles. The van der Waals surface area contributed by atoms with Crippen LogP contribution in [0.2, 0.25) is 5.02 Å². The highest BCUT2D eigenvalue weighted by atomic mass is 35.5. The van der Waals surface area contributed by atoms with Crippen LogP contribution in [-0.2, 0) is 6.42 Å². The lowest BCUT2D eigenvalue weighted by atomic mass is 9.93. The van der Waals surface area contributed by atoms with Gasteiger partial charge in [-0.25, -0.2) is 8.78 Å². The molecular weight excluding hydrogens is 544 g/mol. The van der Waals surface area contributed by atoms with E-state index in [4.69, 9.17) is 26.3 Å². The van der Waals surface area contributed by atoms with Crippen molar-refractivity contribution in [3.05, 3.63) is 46.2 Å². The van der Waals surface area contributed by atoms with Crippen molar-refractivity contribution in [2.75, 3.05) is 37.7 Å². The third-order valence-corrected chi connectivity index (χ3v) is 11.1. The highest BCUT2D eigenvalue weighted by Crippen LogP contribution is 2.59. The Bertz CT molecular complexity index is 1570. The number of hydrogen-bond donors (Lipinski definition) is 1. The first-order valence-corrected chi connectivity index (χ1v) is 15.7. The molecule has 3 aromatic rings. The number of halogens is 3. The quantitative estimate of drug-likeness (QED) is 0.423. The first-order chi connectivity index (χ1) is 20.0. The molecule has 4 saturated heterocycles. The standard InChI is InChI=1S/C32H34ClF2N5O/c33-25-11-24-29(28(35)27(25)22-4-1-3-17-9-18-10-23(18)26(17)22)37-31(38-30(24)39-14-20-5-6-21(15-39)36-20)41-16-32-7-2-8-40(32)13-19(34)12-32/h1,3-4,11,18-21,23,36H,2,5-10,12-16H2/t18?,19-,20?,21?,23?,32+/m1/s1. The smallest absolute Gasteiger partial charge is 0.319 e. The van der Waals surface area contributed by atoms with E-state index in [0.29, 0.717) is 65.3 Å². The molecule has 6 nitrogen and oxygen atoms in total. The Labute approximate surface area is 243 Å². The van der Waals surface area contributed by atoms with Gasteiger partial charge < -0.3 is 15.0 Å². The van der Waals surface area contributed by atoms with Crippen LogP contribution >= 0.6 is 11.6 Å². The molecule has 214 valence electrons. The van der Waals surface area contributed by atoms with Crippen LogP contribution in [0.1, 0.15) is 55.6 Å². The average molecular weight is 578 g/mol. The van der Waals surface area contributed by atoms with Crippen LogP contribution in [-0.4, -0.2) is 71.4 Å². The Morgan fingerprint density at radius 2 is 2.00 bits per heavy atom. The van der Waals surface area contributed by atoms with Crippen molar-refractivity contribution in [2.45, 2.75) is 74.7 Å². The van der Waals surface area contributed by atoms with Crippen LogP contribution in [0, 0.1) is 11.7 Å². The van der Waals surface area contributed by atoms with E-state index in [0.717, 1.165) is 57.3 Å². The second-order valence-electron chi connectivity index (χ2n) is 13.4.